The number of morpholine rings is 1. The summed E-state index contributed by atoms with van der Waals surface area (Å²) in [7, 11) is 0. The van der Waals surface area contributed by atoms with Crippen molar-refractivity contribution in [3.05, 3.63) is 0 Å². The minimum Gasteiger partial charge on any atom is -0.390 e. The molecule has 2 N–H and O–H groups in total. The van der Waals surface area contributed by atoms with Gasteiger partial charge in [0, 0.05) is 44.7 Å². The zero-order valence-corrected chi connectivity index (χ0v) is 33.8. The first-order chi connectivity index (χ1) is 24.1. The molecule has 0 bridgehead atoms. The van der Waals surface area contributed by atoms with E-state index in [4.69, 9.17) is 18.9 Å². The van der Waals surface area contributed by atoms with Gasteiger partial charge >= 0.3 is 0 Å². The molecule has 3 aliphatic heterocycles. The van der Waals surface area contributed by atoms with Crippen molar-refractivity contribution in [1.29, 1.82) is 0 Å². The molecule has 1 unspecified atom stereocenters. The van der Waals surface area contributed by atoms with Crippen molar-refractivity contribution in [3.8, 4) is 0 Å². The molecule has 3 heterocycles. The highest BCUT2D eigenvalue weighted by molar-refractivity contribution is 5.33. The summed E-state index contributed by atoms with van der Waals surface area (Å²) >= 11 is 0. The van der Waals surface area contributed by atoms with Crippen LogP contribution in [0.5, 0.6) is 0 Å². The van der Waals surface area contributed by atoms with Crippen LogP contribution in [0.15, 0.2) is 0 Å². The third kappa shape index (κ3) is 5.47. The van der Waals surface area contributed by atoms with Gasteiger partial charge in [-0.25, -0.2) is 0 Å². The van der Waals surface area contributed by atoms with Crippen molar-refractivity contribution >= 4 is 0 Å². The Morgan fingerprint density at radius 1 is 0.941 bits per heavy atom. The number of likely N-dealkylation sites (tertiary alicyclic amines) is 1. The molecule has 3 saturated heterocycles. The maximum Gasteiger partial charge on any atom is 0.170 e. The number of rotatable bonds is 10. The van der Waals surface area contributed by atoms with Gasteiger partial charge in [-0.15, -0.1) is 0 Å². The lowest BCUT2D eigenvalue weighted by atomic mass is 9.41. The molecule has 0 amide bonds. The molecule has 0 radical (unpaired) electrons. The first-order valence-electron chi connectivity index (χ1n) is 21.4. The summed E-state index contributed by atoms with van der Waals surface area (Å²) in [5, 5.41) is 23.8. The minimum atomic E-state index is -1.01. The van der Waals surface area contributed by atoms with E-state index in [1.54, 1.807) is 0 Å². The third-order valence-electron chi connectivity index (χ3n) is 17.7. The average molecular weight is 715 g/mol. The smallest absolute Gasteiger partial charge is 0.170 e. The van der Waals surface area contributed by atoms with Gasteiger partial charge in [0.25, 0.3) is 0 Å². The summed E-state index contributed by atoms with van der Waals surface area (Å²) in [5.41, 5.74) is -0.410. The van der Waals surface area contributed by atoms with Crippen molar-refractivity contribution < 1.29 is 29.2 Å². The standard InChI is InChI=1S/C43H74N2O6/c1-10-18-44-22-28(23-44)24-45-19-20-49-33(25-45)51-32-14-15-42-26-43(42)17-16-40(8)34-27(3)21-29(37(48-11-2)39(6,7)47)50-35(34)36(46)41(40,9)31(43)13-12-30(42)38(32,4)5/h27-37,46-47H,10-26H2,1-9H3/t27-,29-,30+,31+,32+,33+,34+,35+,36+,37+,40-,41-,42?,43+/m1/s1. The summed E-state index contributed by atoms with van der Waals surface area (Å²) in [4.78, 5) is 5.20. The molecule has 8 heteroatoms. The van der Waals surface area contributed by atoms with Crippen LogP contribution in [0.25, 0.3) is 0 Å². The largest absolute Gasteiger partial charge is 0.390 e. The van der Waals surface area contributed by atoms with E-state index in [0.717, 1.165) is 38.5 Å². The summed E-state index contributed by atoms with van der Waals surface area (Å²) < 4.78 is 26.5. The van der Waals surface area contributed by atoms with Crippen molar-refractivity contribution in [1.82, 2.24) is 9.80 Å². The molecule has 0 aromatic carbocycles. The molecule has 5 aliphatic carbocycles. The Balaban J connectivity index is 0.969. The molecule has 2 spiro atoms. The van der Waals surface area contributed by atoms with Gasteiger partial charge in [0.1, 0.15) is 6.10 Å². The van der Waals surface area contributed by atoms with Crippen molar-refractivity contribution in [2.24, 2.45) is 56.7 Å². The molecule has 14 atom stereocenters. The monoisotopic (exact) mass is 715 g/mol. The Bertz CT molecular complexity index is 1280. The van der Waals surface area contributed by atoms with E-state index in [1.807, 2.05) is 20.8 Å². The lowest BCUT2D eigenvalue weighted by Gasteiger charge is -2.64. The zero-order valence-electron chi connectivity index (χ0n) is 33.8. The number of fused-ring (bicyclic) bond motifs is 4. The predicted molar refractivity (Wildman–Crippen MR) is 199 cm³/mol. The Hall–Kier alpha value is -0.320. The molecular formula is C43H74N2O6. The quantitative estimate of drug-likeness (QED) is 0.271. The van der Waals surface area contributed by atoms with Crippen LogP contribution < -0.4 is 0 Å². The van der Waals surface area contributed by atoms with Crippen LogP contribution in [0.3, 0.4) is 0 Å². The highest BCUT2D eigenvalue weighted by atomic mass is 16.7. The predicted octanol–water partition coefficient (Wildman–Crippen LogP) is 6.36. The summed E-state index contributed by atoms with van der Waals surface area (Å²) in [6.07, 6.45) is 9.45. The second-order valence-electron chi connectivity index (χ2n) is 20.9. The van der Waals surface area contributed by atoms with E-state index in [-0.39, 0.29) is 40.8 Å². The molecule has 51 heavy (non-hydrogen) atoms. The van der Waals surface area contributed by atoms with E-state index in [9.17, 15) is 10.2 Å². The van der Waals surface area contributed by atoms with Crippen LogP contribution in [0.2, 0.25) is 0 Å². The normalized spacial score (nSPS) is 50.3. The lowest BCUT2D eigenvalue weighted by Crippen LogP contribution is -2.60. The number of hydrogen-bond donors (Lipinski definition) is 2. The van der Waals surface area contributed by atoms with Gasteiger partial charge in [0.2, 0.25) is 0 Å². The van der Waals surface area contributed by atoms with Crippen LogP contribution in [0.4, 0.5) is 0 Å². The van der Waals surface area contributed by atoms with E-state index in [2.05, 4.69) is 51.3 Å². The van der Waals surface area contributed by atoms with E-state index < -0.39 is 17.8 Å². The molecule has 8 nitrogen and oxygen atoms in total. The molecule has 0 aromatic rings. The highest BCUT2D eigenvalue weighted by Crippen LogP contribution is 2.89. The average Bonchev–Trinajstić information content (AvgIpc) is 3.68. The fourth-order valence-electron chi connectivity index (χ4n) is 15.5. The molecule has 5 saturated carbocycles. The molecule has 0 aromatic heterocycles. The van der Waals surface area contributed by atoms with Gasteiger partial charge in [-0.1, -0.05) is 41.5 Å². The Morgan fingerprint density at radius 3 is 2.37 bits per heavy atom. The molecule has 8 aliphatic rings. The molecular weight excluding hydrogens is 640 g/mol. The zero-order chi connectivity index (χ0) is 36.4. The maximum atomic E-state index is 12.7. The molecule has 8 fully saturated rings. The van der Waals surface area contributed by atoms with Crippen LogP contribution >= 0.6 is 0 Å². The second-order valence-corrected chi connectivity index (χ2v) is 20.9. The number of nitrogens with zero attached hydrogens (tertiary/aromatic N) is 2. The van der Waals surface area contributed by atoms with E-state index in [0.29, 0.717) is 41.1 Å². The summed E-state index contributed by atoms with van der Waals surface area (Å²) in [6.45, 7) is 28.5. The lowest BCUT2D eigenvalue weighted by molar-refractivity contribution is -0.249. The first-order valence-corrected chi connectivity index (χ1v) is 21.4. The van der Waals surface area contributed by atoms with E-state index >= 15 is 0 Å². The fourth-order valence-corrected chi connectivity index (χ4v) is 15.5. The summed E-state index contributed by atoms with van der Waals surface area (Å²) in [6, 6.07) is 0. The highest BCUT2D eigenvalue weighted by Gasteiger charge is 2.84. The SMILES string of the molecule is CCCN1CC(CN2CCO[C@@H](O[C@H]3CCC45C[C@]46CC[C@]4(C)[C@@H]7[C@H](O[C@@H]([C@H](OCC)C(C)(C)O)C[C@H]7C)[C@H](O)[C@@]4(C)[C@@H]6CC[C@H]5C3(C)C)C2)C1. The van der Waals surface area contributed by atoms with Crippen LogP contribution in [-0.4, -0.2) is 115 Å². The van der Waals surface area contributed by atoms with Crippen molar-refractivity contribution in [3.63, 3.8) is 0 Å². The third-order valence-corrected chi connectivity index (χ3v) is 17.7. The van der Waals surface area contributed by atoms with Crippen LogP contribution in [0, 0.1) is 56.7 Å². The van der Waals surface area contributed by atoms with Gasteiger partial charge in [0.15, 0.2) is 6.29 Å². The van der Waals surface area contributed by atoms with Gasteiger partial charge < -0.3 is 34.1 Å². The van der Waals surface area contributed by atoms with Gasteiger partial charge in [0.05, 0.1) is 36.6 Å². The van der Waals surface area contributed by atoms with Crippen LogP contribution in [0.1, 0.15) is 120 Å². The van der Waals surface area contributed by atoms with Crippen molar-refractivity contribution in [2.75, 3.05) is 52.5 Å². The topological polar surface area (TPSA) is 83.9 Å². The van der Waals surface area contributed by atoms with Crippen LogP contribution in [-0.2, 0) is 18.9 Å². The maximum absolute atomic E-state index is 12.7. The van der Waals surface area contributed by atoms with Gasteiger partial charge in [-0.2, -0.15) is 0 Å². The Labute approximate surface area is 310 Å². The van der Waals surface area contributed by atoms with E-state index in [1.165, 1.54) is 71.1 Å². The fraction of sp³-hybridized carbons (Fsp3) is 1.00. The number of aliphatic hydroxyl groups is 2. The second kappa shape index (κ2) is 12.9. The first kappa shape index (κ1) is 37.6. The molecule has 8 rings (SSSR count). The van der Waals surface area contributed by atoms with Gasteiger partial charge in [-0.05, 0) is 136 Å². The molecule has 292 valence electrons. The number of ether oxygens (including phenoxy) is 4. The Morgan fingerprint density at radius 2 is 1.67 bits per heavy atom. The van der Waals surface area contributed by atoms with Crippen molar-refractivity contribution in [2.45, 2.75) is 163 Å². The number of hydrogen-bond acceptors (Lipinski definition) is 8. The van der Waals surface area contributed by atoms with Gasteiger partial charge in [-0.3, -0.25) is 4.90 Å². The summed E-state index contributed by atoms with van der Waals surface area (Å²) in [5.74, 6) is 2.66. The Kier molecular flexibility index (Phi) is 9.48. The number of aliphatic hydroxyl groups excluding tert-OH is 1. The minimum absolute atomic E-state index is 0.0254.